The van der Waals surface area contributed by atoms with Gasteiger partial charge in [0.05, 0.1) is 5.41 Å². The van der Waals surface area contributed by atoms with Crippen molar-refractivity contribution in [1.82, 2.24) is 0 Å². The maximum atomic E-state index is 6.52. The average molecular weight is 742 g/mol. The minimum Gasteiger partial charge on any atom is -0.457 e. The topological polar surface area (TPSA) is 25.6 Å². The van der Waals surface area contributed by atoms with Crippen LogP contribution in [0.3, 0.4) is 0 Å². The fourth-order valence-electron chi connectivity index (χ4n) is 9.57. The number of para-hydroxylation sites is 4. The molecule has 58 heavy (non-hydrogen) atoms. The van der Waals surface area contributed by atoms with E-state index in [1.54, 1.807) is 0 Å². The summed E-state index contributed by atoms with van der Waals surface area (Å²) in [7, 11) is 0. The molecule has 272 valence electrons. The second kappa shape index (κ2) is 12.7. The second-order valence-corrected chi connectivity index (χ2v) is 15.2. The predicted molar refractivity (Wildman–Crippen MR) is 237 cm³/mol. The van der Waals surface area contributed by atoms with Crippen molar-refractivity contribution >= 4 is 39.0 Å². The molecule has 0 saturated heterocycles. The molecular formula is C55H35NO2. The maximum absolute atomic E-state index is 6.52. The smallest absolute Gasteiger partial charge is 0.136 e. The highest BCUT2D eigenvalue weighted by atomic mass is 16.5. The van der Waals surface area contributed by atoms with Gasteiger partial charge in [-0.05, 0) is 117 Å². The summed E-state index contributed by atoms with van der Waals surface area (Å²) in [6, 6.07) is 76.1. The van der Waals surface area contributed by atoms with Crippen LogP contribution < -0.4 is 9.64 Å². The summed E-state index contributed by atoms with van der Waals surface area (Å²) in [5.41, 5.74) is 16.7. The number of nitrogens with zero attached hydrogens (tertiary/aromatic N) is 1. The lowest BCUT2D eigenvalue weighted by Crippen LogP contribution is -2.32. The Morgan fingerprint density at radius 1 is 0.328 bits per heavy atom. The van der Waals surface area contributed by atoms with Crippen LogP contribution in [0.4, 0.5) is 17.1 Å². The molecule has 12 rings (SSSR count). The van der Waals surface area contributed by atoms with Crippen molar-refractivity contribution in [2.45, 2.75) is 5.41 Å². The molecule has 3 nitrogen and oxygen atoms in total. The summed E-state index contributed by atoms with van der Waals surface area (Å²) in [6.07, 6.45) is 0. The van der Waals surface area contributed by atoms with Crippen LogP contribution in [-0.2, 0) is 5.41 Å². The molecule has 0 atom stereocenters. The van der Waals surface area contributed by atoms with E-state index in [0.29, 0.717) is 0 Å². The number of hydrogen-bond acceptors (Lipinski definition) is 3. The Hall–Kier alpha value is -7.62. The Balaban J connectivity index is 0.916. The van der Waals surface area contributed by atoms with Gasteiger partial charge in [-0.3, -0.25) is 0 Å². The Morgan fingerprint density at radius 2 is 0.828 bits per heavy atom. The number of rotatable bonds is 5. The van der Waals surface area contributed by atoms with Gasteiger partial charge in [0.1, 0.15) is 22.7 Å². The standard InChI is InChI=1S/C55H35NO2/c1-2-12-40(13-3-1)56(42-30-24-37(25-31-42)39-26-32-45-44-15-5-9-19-51(44)57-54(45)35-39)41-28-22-36(23-29-41)38-27-33-48-46(34-38)43-14-4-6-16-47(43)55(48)49-17-7-10-20-52(49)58-53-21-11-8-18-50(53)55/h1-35H. The highest BCUT2D eigenvalue weighted by Crippen LogP contribution is 2.62. The van der Waals surface area contributed by atoms with Crippen molar-refractivity contribution in [3.05, 3.63) is 235 Å². The molecule has 3 heteroatoms. The van der Waals surface area contributed by atoms with E-state index in [9.17, 15) is 0 Å². The molecule has 0 radical (unpaired) electrons. The molecule has 1 aromatic heterocycles. The van der Waals surface area contributed by atoms with Gasteiger partial charge in [0.2, 0.25) is 0 Å². The van der Waals surface area contributed by atoms with Gasteiger partial charge in [-0.2, -0.15) is 0 Å². The van der Waals surface area contributed by atoms with Crippen LogP contribution in [0.5, 0.6) is 11.5 Å². The first-order chi connectivity index (χ1) is 28.7. The van der Waals surface area contributed by atoms with Crippen LogP contribution in [-0.4, -0.2) is 0 Å². The number of benzene rings is 9. The minimum absolute atomic E-state index is 0.467. The maximum Gasteiger partial charge on any atom is 0.136 e. The van der Waals surface area contributed by atoms with Crippen LogP contribution in [0.25, 0.3) is 55.3 Å². The van der Waals surface area contributed by atoms with E-state index in [0.717, 1.165) is 61.6 Å². The molecule has 2 aliphatic rings. The SMILES string of the molecule is c1ccc(N(c2ccc(-c3ccc4c(c3)-c3ccccc3C43c4ccccc4Oc4ccccc43)cc2)c2ccc(-c3ccc4c(c3)oc3ccccc34)cc2)cc1. The summed E-state index contributed by atoms with van der Waals surface area (Å²) in [4.78, 5) is 2.32. The zero-order valence-corrected chi connectivity index (χ0v) is 31.5. The molecule has 0 bridgehead atoms. The largest absolute Gasteiger partial charge is 0.457 e. The van der Waals surface area contributed by atoms with Crippen molar-refractivity contribution in [1.29, 1.82) is 0 Å². The lowest BCUT2D eigenvalue weighted by atomic mass is 9.66. The average Bonchev–Trinajstić information content (AvgIpc) is 3.81. The van der Waals surface area contributed by atoms with Gasteiger partial charge in [0.15, 0.2) is 0 Å². The van der Waals surface area contributed by atoms with Crippen molar-refractivity contribution in [3.63, 3.8) is 0 Å². The van der Waals surface area contributed by atoms with E-state index < -0.39 is 5.41 Å². The molecule has 0 unspecified atom stereocenters. The normalized spacial score (nSPS) is 13.1. The van der Waals surface area contributed by atoms with Crippen molar-refractivity contribution in [2.75, 3.05) is 4.90 Å². The van der Waals surface area contributed by atoms with E-state index in [1.807, 2.05) is 12.1 Å². The van der Waals surface area contributed by atoms with Gasteiger partial charge in [0, 0.05) is 39.0 Å². The van der Waals surface area contributed by atoms with E-state index >= 15 is 0 Å². The Kier molecular flexibility index (Phi) is 7.14. The lowest BCUT2D eigenvalue weighted by molar-refractivity contribution is 0.436. The minimum atomic E-state index is -0.467. The number of fused-ring (bicyclic) bond motifs is 12. The van der Waals surface area contributed by atoms with Crippen molar-refractivity contribution in [3.8, 4) is 44.9 Å². The Labute approximate surface area is 336 Å². The van der Waals surface area contributed by atoms with E-state index in [4.69, 9.17) is 9.15 Å². The zero-order chi connectivity index (χ0) is 38.2. The lowest BCUT2D eigenvalue weighted by Gasteiger charge is -2.39. The molecular weight excluding hydrogens is 707 g/mol. The van der Waals surface area contributed by atoms with E-state index in [1.165, 1.54) is 44.5 Å². The first-order valence-corrected chi connectivity index (χ1v) is 19.8. The highest BCUT2D eigenvalue weighted by Gasteiger charge is 2.50. The molecule has 10 aromatic rings. The zero-order valence-electron chi connectivity index (χ0n) is 31.5. The van der Waals surface area contributed by atoms with Gasteiger partial charge in [0.25, 0.3) is 0 Å². The summed E-state index contributed by atoms with van der Waals surface area (Å²) in [5.74, 6) is 1.82. The van der Waals surface area contributed by atoms with Crippen molar-refractivity contribution in [2.24, 2.45) is 0 Å². The summed E-state index contributed by atoms with van der Waals surface area (Å²) in [6.45, 7) is 0. The van der Waals surface area contributed by atoms with E-state index in [-0.39, 0.29) is 0 Å². The number of ether oxygens (including phenoxy) is 1. The first-order valence-electron chi connectivity index (χ1n) is 19.8. The second-order valence-electron chi connectivity index (χ2n) is 15.2. The number of furan rings is 1. The highest BCUT2D eigenvalue weighted by molar-refractivity contribution is 6.06. The Bertz CT molecular complexity index is 3150. The molecule has 0 N–H and O–H groups in total. The molecule has 1 aliphatic heterocycles. The molecule has 0 saturated carbocycles. The predicted octanol–water partition coefficient (Wildman–Crippen LogP) is 14.9. The number of hydrogen-bond donors (Lipinski definition) is 0. The summed E-state index contributed by atoms with van der Waals surface area (Å²) < 4.78 is 12.7. The number of anilines is 3. The summed E-state index contributed by atoms with van der Waals surface area (Å²) >= 11 is 0. The third-order valence-corrected chi connectivity index (χ3v) is 12.2. The van der Waals surface area contributed by atoms with Crippen LogP contribution in [0.2, 0.25) is 0 Å². The third kappa shape index (κ3) is 4.80. The quantitative estimate of drug-likeness (QED) is 0.176. The first kappa shape index (κ1) is 32.6. The molecule has 1 aliphatic carbocycles. The molecule has 9 aromatic carbocycles. The Morgan fingerprint density at radius 3 is 1.53 bits per heavy atom. The van der Waals surface area contributed by atoms with Crippen LogP contribution in [0, 0.1) is 0 Å². The van der Waals surface area contributed by atoms with Crippen LogP contribution in [0.15, 0.2) is 217 Å². The van der Waals surface area contributed by atoms with Gasteiger partial charge in [-0.1, -0.05) is 140 Å². The molecule has 2 heterocycles. The van der Waals surface area contributed by atoms with Crippen LogP contribution >= 0.6 is 0 Å². The fraction of sp³-hybridized carbons (Fsp3) is 0.0182. The van der Waals surface area contributed by atoms with Gasteiger partial charge in [-0.15, -0.1) is 0 Å². The van der Waals surface area contributed by atoms with Gasteiger partial charge in [-0.25, -0.2) is 0 Å². The molecule has 1 spiro atoms. The third-order valence-electron chi connectivity index (χ3n) is 12.2. The fourth-order valence-corrected chi connectivity index (χ4v) is 9.57. The molecule has 0 amide bonds. The van der Waals surface area contributed by atoms with Gasteiger partial charge < -0.3 is 14.1 Å². The van der Waals surface area contributed by atoms with E-state index in [2.05, 4.69) is 205 Å². The van der Waals surface area contributed by atoms with Crippen LogP contribution in [0.1, 0.15) is 22.3 Å². The van der Waals surface area contributed by atoms with Crippen molar-refractivity contribution < 1.29 is 9.15 Å². The summed E-state index contributed by atoms with van der Waals surface area (Å²) in [5, 5.41) is 2.28. The monoisotopic (exact) mass is 741 g/mol. The van der Waals surface area contributed by atoms with Gasteiger partial charge >= 0.3 is 0 Å². The molecule has 0 fully saturated rings.